The quantitative estimate of drug-likeness (QED) is 0.791. The monoisotopic (exact) mass is 396 g/mol. The minimum Gasteiger partial charge on any atom is -0.332 e. The zero-order chi connectivity index (χ0) is 19.5. The van der Waals surface area contributed by atoms with Crippen LogP contribution in [0.1, 0.15) is 45.4 Å². The zero-order valence-corrected chi connectivity index (χ0v) is 15.9. The fraction of sp³-hybridized carbons (Fsp3) is 0.824. The largest absolute Gasteiger partial charge is 0.391 e. The van der Waals surface area contributed by atoms with Gasteiger partial charge in [-0.15, -0.1) is 0 Å². The van der Waals surface area contributed by atoms with Crippen molar-refractivity contribution in [2.45, 2.75) is 63.7 Å². The lowest BCUT2D eigenvalue weighted by molar-refractivity contribution is -0.189. The number of nitrogens with one attached hydrogen (secondary N) is 1. The summed E-state index contributed by atoms with van der Waals surface area (Å²) in [6.45, 7) is 1.70. The van der Waals surface area contributed by atoms with Crippen LogP contribution >= 0.6 is 0 Å². The summed E-state index contributed by atoms with van der Waals surface area (Å²) >= 11 is 0. The molecule has 1 heterocycles. The Morgan fingerprint density at radius 1 is 1.23 bits per heavy atom. The number of amides is 2. The summed E-state index contributed by atoms with van der Waals surface area (Å²) < 4.78 is 61.8. The Hall–Kier alpha value is -1.25. The van der Waals surface area contributed by atoms with E-state index in [0.29, 0.717) is 0 Å². The van der Waals surface area contributed by atoms with Crippen LogP contribution in [-0.4, -0.2) is 50.4 Å². The highest BCUT2D eigenvalue weighted by atomic mass is 32.2. The number of carbonyl (C=O) groups excluding carboxylic acids is 1. The Morgan fingerprint density at radius 3 is 2.38 bits per heavy atom. The Bertz CT molecular complexity index is 628. The summed E-state index contributed by atoms with van der Waals surface area (Å²) in [6.07, 6.45) is 1.72. The van der Waals surface area contributed by atoms with Gasteiger partial charge in [-0.3, -0.25) is 0 Å². The molecule has 2 amide bonds. The molecule has 0 aromatic rings. The summed E-state index contributed by atoms with van der Waals surface area (Å²) in [5.74, 6) is -1.26. The second-order valence-corrected chi connectivity index (χ2v) is 9.40. The maximum atomic E-state index is 13.2. The van der Waals surface area contributed by atoms with Gasteiger partial charge in [-0.2, -0.15) is 13.2 Å². The number of hydrogen-bond donors (Lipinski definition) is 1. The van der Waals surface area contributed by atoms with E-state index in [2.05, 4.69) is 5.32 Å². The highest BCUT2D eigenvalue weighted by Gasteiger charge is 2.47. The number of alkyl halides is 3. The molecule has 0 radical (unpaired) electrons. The van der Waals surface area contributed by atoms with Crippen LogP contribution in [0.25, 0.3) is 0 Å². The zero-order valence-electron chi connectivity index (χ0n) is 15.1. The molecule has 1 N–H and O–H groups in total. The fourth-order valence-electron chi connectivity index (χ4n) is 3.92. The number of rotatable bonds is 4. The van der Waals surface area contributed by atoms with Gasteiger partial charge in [-0.1, -0.05) is 18.9 Å². The minimum absolute atomic E-state index is 0.0465. The lowest BCUT2D eigenvalue weighted by Gasteiger charge is -2.43. The fourth-order valence-corrected chi connectivity index (χ4v) is 4.44. The number of halogens is 3. The van der Waals surface area contributed by atoms with Crippen molar-refractivity contribution in [2.75, 3.05) is 12.8 Å². The Morgan fingerprint density at radius 2 is 1.85 bits per heavy atom. The van der Waals surface area contributed by atoms with Crippen LogP contribution in [0.3, 0.4) is 0 Å². The van der Waals surface area contributed by atoms with Crippen molar-refractivity contribution in [2.24, 2.45) is 11.8 Å². The number of piperidine rings is 1. The molecule has 0 aromatic carbocycles. The Kier molecular flexibility index (Phi) is 6.63. The SMILES string of the molecule is C[C@@H](/C=C/S(C)(=O)=O)NC(=O)N1CC[C@@H](C(F)(F)F)C[C@H]1C1CCCC1. The molecule has 1 saturated heterocycles. The normalized spacial score (nSPS) is 27.0. The van der Waals surface area contributed by atoms with Crippen molar-refractivity contribution in [3.05, 3.63) is 11.5 Å². The first kappa shape index (κ1) is 21.1. The molecule has 2 fully saturated rings. The number of likely N-dealkylation sites (tertiary alicyclic amines) is 1. The molecule has 0 bridgehead atoms. The van der Waals surface area contributed by atoms with Crippen molar-refractivity contribution >= 4 is 15.9 Å². The first-order chi connectivity index (χ1) is 12.0. The molecule has 2 aliphatic rings. The average Bonchev–Trinajstić information content (AvgIpc) is 3.05. The van der Waals surface area contributed by atoms with E-state index in [1.54, 1.807) is 6.92 Å². The molecular formula is C17H27F3N2O3S. The van der Waals surface area contributed by atoms with Crippen LogP contribution in [0.15, 0.2) is 11.5 Å². The molecule has 3 atom stereocenters. The van der Waals surface area contributed by atoms with E-state index in [4.69, 9.17) is 0 Å². The van der Waals surface area contributed by atoms with E-state index >= 15 is 0 Å². The molecule has 2 rings (SSSR count). The molecule has 0 spiro atoms. The standard InChI is InChI=1S/C17H27F3N2O3S/c1-12(8-10-26(2,24)25)21-16(23)22-9-7-14(17(18,19)20)11-15(22)13-5-3-4-6-13/h8,10,12-15H,3-7,9,11H2,1-2H3,(H,21,23)/b10-8+/t12-,14+,15-/m0/s1. The summed E-state index contributed by atoms with van der Waals surface area (Å²) in [5.41, 5.74) is 0. The maximum Gasteiger partial charge on any atom is 0.391 e. The molecule has 1 saturated carbocycles. The predicted molar refractivity (Wildman–Crippen MR) is 93.2 cm³/mol. The third-order valence-electron chi connectivity index (χ3n) is 5.28. The summed E-state index contributed by atoms with van der Waals surface area (Å²) in [6, 6.07) is -1.36. The van der Waals surface area contributed by atoms with Gasteiger partial charge >= 0.3 is 12.2 Å². The van der Waals surface area contributed by atoms with E-state index in [9.17, 15) is 26.4 Å². The highest BCUT2D eigenvalue weighted by Crippen LogP contribution is 2.42. The first-order valence-electron chi connectivity index (χ1n) is 8.99. The third-order valence-corrected chi connectivity index (χ3v) is 5.93. The number of urea groups is 1. The van der Waals surface area contributed by atoms with E-state index in [1.807, 2.05) is 0 Å². The molecule has 150 valence electrons. The molecular weight excluding hydrogens is 369 g/mol. The third kappa shape index (κ3) is 5.89. The molecule has 1 aliphatic heterocycles. The van der Waals surface area contributed by atoms with Crippen LogP contribution < -0.4 is 5.32 Å². The topological polar surface area (TPSA) is 66.5 Å². The van der Waals surface area contributed by atoms with Crippen molar-refractivity contribution in [1.29, 1.82) is 0 Å². The highest BCUT2D eigenvalue weighted by molar-refractivity contribution is 7.93. The van der Waals surface area contributed by atoms with E-state index in [1.165, 1.54) is 11.0 Å². The van der Waals surface area contributed by atoms with Crippen LogP contribution in [0, 0.1) is 11.8 Å². The second kappa shape index (κ2) is 8.19. The van der Waals surface area contributed by atoms with Crippen molar-refractivity contribution in [3.8, 4) is 0 Å². The van der Waals surface area contributed by atoms with Crippen LogP contribution in [-0.2, 0) is 9.84 Å². The second-order valence-electron chi connectivity index (χ2n) is 7.46. The molecule has 5 nitrogen and oxygen atoms in total. The van der Waals surface area contributed by atoms with Crippen LogP contribution in [0.4, 0.5) is 18.0 Å². The van der Waals surface area contributed by atoms with Crippen LogP contribution in [0.2, 0.25) is 0 Å². The number of nitrogens with zero attached hydrogens (tertiary/aromatic N) is 1. The van der Waals surface area contributed by atoms with Crippen molar-refractivity contribution in [1.82, 2.24) is 10.2 Å². The Balaban J connectivity index is 2.07. The van der Waals surface area contributed by atoms with Gasteiger partial charge in [0.15, 0.2) is 9.84 Å². The van der Waals surface area contributed by atoms with Gasteiger partial charge in [0.25, 0.3) is 0 Å². The Labute approximate surface area is 152 Å². The molecule has 26 heavy (non-hydrogen) atoms. The van der Waals surface area contributed by atoms with Gasteiger partial charge in [-0.05, 0) is 38.5 Å². The average molecular weight is 396 g/mol. The van der Waals surface area contributed by atoms with Gasteiger partial charge < -0.3 is 10.2 Å². The van der Waals surface area contributed by atoms with Crippen molar-refractivity contribution in [3.63, 3.8) is 0 Å². The van der Waals surface area contributed by atoms with Gasteiger partial charge in [0.1, 0.15) is 0 Å². The lowest BCUT2D eigenvalue weighted by Crippen LogP contribution is -2.55. The van der Waals surface area contributed by atoms with Gasteiger partial charge in [0, 0.05) is 30.3 Å². The van der Waals surface area contributed by atoms with Gasteiger partial charge in [0.2, 0.25) is 0 Å². The van der Waals surface area contributed by atoms with Gasteiger partial charge in [-0.25, -0.2) is 13.2 Å². The number of sulfone groups is 1. The predicted octanol–water partition coefficient (Wildman–Crippen LogP) is 3.48. The lowest BCUT2D eigenvalue weighted by atomic mass is 9.83. The summed E-state index contributed by atoms with van der Waals surface area (Å²) in [5, 5.41) is 3.70. The smallest absolute Gasteiger partial charge is 0.332 e. The molecule has 1 aliphatic carbocycles. The molecule has 0 unspecified atom stereocenters. The minimum atomic E-state index is -4.23. The number of hydrogen-bond acceptors (Lipinski definition) is 3. The summed E-state index contributed by atoms with van der Waals surface area (Å²) in [4.78, 5) is 14.1. The van der Waals surface area contributed by atoms with Gasteiger partial charge in [0.05, 0.1) is 5.92 Å². The maximum absolute atomic E-state index is 13.2. The van der Waals surface area contributed by atoms with Crippen LogP contribution in [0.5, 0.6) is 0 Å². The first-order valence-corrected chi connectivity index (χ1v) is 10.9. The number of carbonyl (C=O) groups is 1. The van der Waals surface area contributed by atoms with E-state index < -0.39 is 40.0 Å². The van der Waals surface area contributed by atoms with Crippen molar-refractivity contribution < 1.29 is 26.4 Å². The molecule has 0 aromatic heterocycles. The molecule has 9 heteroatoms. The van der Waals surface area contributed by atoms with E-state index in [-0.39, 0.29) is 25.3 Å². The summed E-state index contributed by atoms with van der Waals surface area (Å²) in [7, 11) is -3.30. The van der Waals surface area contributed by atoms with E-state index in [0.717, 1.165) is 37.3 Å².